The first-order chi connectivity index (χ1) is 8.07. The average Bonchev–Trinajstić information content (AvgIpc) is 2.29. The Bertz CT molecular complexity index is 383. The first-order valence-electron chi connectivity index (χ1n) is 6.17. The van der Waals surface area contributed by atoms with E-state index in [1.807, 2.05) is 19.1 Å². The van der Waals surface area contributed by atoms with Gasteiger partial charge in [-0.1, -0.05) is 60.5 Å². The molecule has 0 aromatic heterocycles. The molecule has 0 fully saturated rings. The molecule has 17 heavy (non-hydrogen) atoms. The van der Waals surface area contributed by atoms with E-state index in [1.54, 1.807) is 0 Å². The van der Waals surface area contributed by atoms with Crippen molar-refractivity contribution in [2.45, 2.75) is 44.5 Å². The van der Waals surface area contributed by atoms with Gasteiger partial charge in [0.1, 0.15) is 5.01 Å². The van der Waals surface area contributed by atoms with E-state index in [1.165, 1.54) is 30.4 Å². The molecule has 0 heterocycles. The highest BCUT2D eigenvalue weighted by Gasteiger charge is 2.10. The SMILES string of the molecule is C=C(CCCCC)c1cccc(C(O)Br)c1C. The molecule has 0 spiro atoms. The third-order valence-electron chi connectivity index (χ3n) is 3.10. The molecule has 1 rings (SSSR count). The van der Waals surface area contributed by atoms with Crippen LogP contribution in [0.25, 0.3) is 5.57 Å². The molecule has 1 aromatic carbocycles. The zero-order valence-corrected chi connectivity index (χ0v) is 12.3. The highest BCUT2D eigenvalue weighted by atomic mass is 79.9. The molecule has 1 atom stereocenters. The molecule has 1 aromatic rings. The van der Waals surface area contributed by atoms with Crippen molar-refractivity contribution in [1.29, 1.82) is 0 Å². The number of hydrogen-bond donors (Lipinski definition) is 1. The summed E-state index contributed by atoms with van der Waals surface area (Å²) >= 11 is 3.21. The Morgan fingerprint density at radius 3 is 2.71 bits per heavy atom. The maximum Gasteiger partial charge on any atom is 0.134 e. The standard InChI is InChI=1S/C15H21BrO/c1-4-5-6-8-11(2)13-9-7-10-14(12(13)3)15(16)17/h7,9-10,15,17H,2,4-6,8H2,1,3H3. The van der Waals surface area contributed by atoms with Gasteiger partial charge in [0, 0.05) is 0 Å². The van der Waals surface area contributed by atoms with Crippen molar-refractivity contribution in [3.05, 3.63) is 41.5 Å². The van der Waals surface area contributed by atoms with E-state index in [0.29, 0.717) is 0 Å². The highest BCUT2D eigenvalue weighted by Crippen LogP contribution is 2.29. The van der Waals surface area contributed by atoms with E-state index in [2.05, 4.69) is 35.5 Å². The molecule has 1 N–H and O–H groups in total. The molecule has 0 aliphatic heterocycles. The Hall–Kier alpha value is -0.600. The molecule has 94 valence electrons. The molecule has 1 nitrogen and oxygen atoms in total. The van der Waals surface area contributed by atoms with Gasteiger partial charge in [-0.3, -0.25) is 0 Å². The van der Waals surface area contributed by atoms with Gasteiger partial charge in [-0.25, -0.2) is 0 Å². The van der Waals surface area contributed by atoms with E-state index >= 15 is 0 Å². The maximum absolute atomic E-state index is 9.61. The fourth-order valence-electron chi connectivity index (χ4n) is 2.02. The molecule has 0 amide bonds. The zero-order valence-electron chi connectivity index (χ0n) is 10.7. The van der Waals surface area contributed by atoms with Crippen LogP contribution in [0.4, 0.5) is 0 Å². The molecule has 0 bridgehead atoms. The van der Waals surface area contributed by atoms with Crippen molar-refractivity contribution in [3.63, 3.8) is 0 Å². The molecular formula is C15H21BrO. The fourth-order valence-corrected chi connectivity index (χ4v) is 2.51. The van der Waals surface area contributed by atoms with Gasteiger partial charge in [0.2, 0.25) is 0 Å². The van der Waals surface area contributed by atoms with Gasteiger partial charge < -0.3 is 5.11 Å². The van der Waals surface area contributed by atoms with Crippen LogP contribution >= 0.6 is 15.9 Å². The van der Waals surface area contributed by atoms with Crippen molar-refractivity contribution in [1.82, 2.24) is 0 Å². The topological polar surface area (TPSA) is 20.2 Å². The van der Waals surface area contributed by atoms with Crippen LogP contribution in [0.15, 0.2) is 24.8 Å². The fraction of sp³-hybridized carbons (Fsp3) is 0.467. The first-order valence-corrected chi connectivity index (χ1v) is 7.09. The van der Waals surface area contributed by atoms with Gasteiger partial charge >= 0.3 is 0 Å². The van der Waals surface area contributed by atoms with Crippen LogP contribution in [-0.2, 0) is 0 Å². The lowest BCUT2D eigenvalue weighted by atomic mass is 9.94. The first kappa shape index (κ1) is 14.5. The number of halogens is 1. The van der Waals surface area contributed by atoms with Gasteiger partial charge in [0.05, 0.1) is 0 Å². The summed E-state index contributed by atoms with van der Waals surface area (Å²) in [7, 11) is 0. The van der Waals surface area contributed by atoms with Gasteiger partial charge in [-0.2, -0.15) is 0 Å². The number of alkyl halides is 1. The second-order valence-electron chi connectivity index (χ2n) is 4.42. The zero-order chi connectivity index (χ0) is 12.8. The third-order valence-corrected chi connectivity index (χ3v) is 3.59. The van der Waals surface area contributed by atoms with E-state index in [-0.39, 0.29) is 0 Å². The predicted octanol–water partition coefficient (Wildman–Crippen LogP) is 4.97. The quantitative estimate of drug-likeness (QED) is 0.580. The monoisotopic (exact) mass is 296 g/mol. The Morgan fingerprint density at radius 1 is 1.41 bits per heavy atom. The minimum absolute atomic E-state index is 0.592. The largest absolute Gasteiger partial charge is 0.377 e. The van der Waals surface area contributed by atoms with E-state index in [4.69, 9.17) is 0 Å². The lowest BCUT2D eigenvalue weighted by Crippen LogP contribution is -1.97. The minimum Gasteiger partial charge on any atom is -0.377 e. The number of aliphatic hydroxyl groups is 1. The van der Waals surface area contributed by atoms with Gasteiger partial charge in [-0.05, 0) is 42.0 Å². The summed E-state index contributed by atoms with van der Waals surface area (Å²) in [6.07, 6.45) is 4.71. The average molecular weight is 297 g/mol. The molecule has 1 unspecified atom stereocenters. The van der Waals surface area contributed by atoms with Gasteiger partial charge in [0.15, 0.2) is 0 Å². The Labute approximate surface area is 113 Å². The van der Waals surface area contributed by atoms with E-state index in [9.17, 15) is 5.11 Å². The number of aliphatic hydroxyl groups excluding tert-OH is 1. The Kier molecular flexibility index (Phi) is 5.93. The lowest BCUT2D eigenvalue weighted by molar-refractivity contribution is 0.276. The molecular weight excluding hydrogens is 276 g/mol. The molecule has 0 aliphatic carbocycles. The molecule has 0 saturated carbocycles. The van der Waals surface area contributed by atoms with Crippen LogP contribution in [0.3, 0.4) is 0 Å². The predicted molar refractivity (Wildman–Crippen MR) is 78.2 cm³/mol. The van der Waals surface area contributed by atoms with Crippen molar-refractivity contribution < 1.29 is 5.11 Å². The van der Waals surface area contributed by atoms with E-state index in [0.717, 1.165) is 17.5 Å². The number of benzene rings is 1. The third kappa shape index (κ3) is 3.97. The van der Waals surface area contributed by atoms with Gasteiger partial charge in [0.25, 0.3) is 0 Å². The van der Waals surface area contributed by atoms with Crippen LogP contribution in [0, 0.1) is 6.92 Å². The smallest absolute Gasteiger partial charge is 0.134 e. The highest BCUT2D eigenvalue weighted by molar-refractivity contribution is 9.09. The van der Waals surface area contributed by atoms with Crippen LogP contribution in [-0.4, -0.2) is 5.11 Å². The number of allylic oxidation sites excluding steroid dienone is 1. The second-order valence-corrected chi connectivity index (χ2v) is 5.28. The van der Waals surface area contributed by atoms with Crippen LogP contribution < -0.4 is 0 Å². The molecule has 0 aliphatic rings. The number of hydrogen-bond acceptors (Lipinski definition) is 1. The summed E-state index contributed by atoms with van der Waals surface area (Å²) in [5.74, 6) is 0. The van der Waals surface area contributed by atoms with Crippen molar-refractivity contribution >= 4 is 21.5 Å². The Morgan fingerprint density at radius 2 is 2.12 bits per heavy atom. The number of unbranched alkanes of at least 4 members (excludes halogenated alkanes) is 2. The second kappa shape index (κ2) is 6.97. The van der Waals surface area contributed by atoms with Crippen molar-refractivity contribution in [2.75, 3.05) is 0 Å². The summed E-state index contributed by atoms with van der Waals surface area (Å²) in [4.78, 5) is 0. The number of rotatable bonds is 6. The summed E-state index contributed by atoms with van der Waals surface area (Å²) in [5.41, 5.74) is 4.40. The van der Waals surface area contributed by atoms with Crippen LogP contribution in [0.1, 0.15) is 54.3 Å². The summed E-state index contributed by atoms with van der Waals surface area (Å²) in [6.45, 7) is 8.41. The summed E-state index contributed by atoms with van der Waals surface area (Å²) < 4.78 is 0. The molecule has 0 radical (unpaired) electrons. The van der Waals surface area contributed by atoms with Crippen molar-refractivity contribution in [3.8, 4) is 0 Å². The van der Waals surface area contributed by atoms with E-state index < -0.39 is 5.01 Å². The minimum atomic E-state index is -0.592. The molecule has 2 heteroatoms. The summed E-state index contributed by atoms with van der Waals surface area (Å²) in [5, 5.41) is 9.02. The lowest BCUT2D eigenvalue weighted by Gasteiger charge is -2.14. The molecule has 0 saturated heterocycles. The van der Waals surface area contributed by atoms with Gasteiger partial charge in [-0.15, -0.1) is 0 Å². The maximum atomic E-state index is 9.61. The summed E-state index contributed by atoms with van der Waals surface area (Å²) in [6, 6.07) is 6.01. The Balaban J connectivity index is 2.83. The van der Waals surface area contributed by atoms with Crippen LogP contribution in [0.2, 0.25) is 0 Å². The van der Waals surface area contributed by atoms with Crippen molar-refractivity contribution in [2.24, 2.45) is 0 Å². The van der Waals surface area contributed by atoms with Crippen LogP contribution in [0.5, 0.6) is 0 Å². The normalized spacial score (nSPS) is 12.5.